The lowest BCUT2D eigenvalue weighted by Crippen LogP contribution is -2.00. The van der Waals surface area contributed by atoms with Gasteiger partial charge in [-0.25, -0.2) is 0 Å². The third-order valence-corrected chi connectivity index (χ3v) is 2.97. The normalized spacial score (nSPS) is 10.8. The first-order valence-corrected chi connectivity index (χ1v) is 5.78. The molecule has 0 atom stereocenters. The molecule has 76 valence electrons. The summed E-state index contributed by atoms with van der Waals surface area (Å²) >= 11 is 9.01. The second-order valence-electron chi connectivity index (χ2n) is 2.92. The standard InChI is InChI=1S/C11H13BrClN/c1-9-10(12)5-4-6-11(9)14-8-3-2-7-13/h2-6,14H,7-8H2,1H3/b3-2+. The summed E-state index contributed by atoms with van der Waals surface area (Å²) in [6.45, 7) is 2.89. The largest absolute Gasteiger partial charge is 0.381 e. The number of allylic oxidation sites excluding steroid dienone is 1. The van der Waals surface area contributed by atoms with Crippen LogP contribution in [-0.4, -0.2) is 12.4 Å². The monoisotopic (exact) mass is 273 g/mol. The molecule has 0 bridgehead atoms. The molecule has 0 fully saturated rings. The van der Waals surface area contributed by atoms with Gasteiger partial charge in [-0.2, -0.15) is 0 Å². The van der Waals surface area contributed by atoms with Gasteiger partial charge in [-0.1, -0.05) is 34.1 Å². The van der Waals surface area contributed by atoms with Gasteiger partial charge in [0.05, 0.1) is 0 Å². The van der Waals surface area contributed by atoms with E-state index in [0.717, 1.165) is 16.7 Å². The van der Waals surface area contributed by atoms with Gasteiger partial charge in [0.15, 0.2) is 0 Å². The Labute approximate surface area is 98.3 Å². The Morgan fingerprint density at radius 3 is 2.93 bits per heavy atom. The van der Waals surface area contributed by atoms with Gasteiger partial charge in [0.1, 0.15) is 0 Å². The third-order valence-electron chi connectivity index (χ3n) is 1.93. The molecule has 0 saturated heterocycles. The van der Waals surface area contributed by atoms with E-state index in [-0.39, 0.29) is 0 Å². The second-order valence-corrected chi connectivity index (χ2v) is 4.08. The Bertz CT molecular complexity index is 323. The highest BCUT2D eigenvalue weighted by molar-refractivity contribution is 9.10. The lowest BCUT2D eigenvalue weighted by Gasteiger charge is -2.08. The van der Waals surface area contributed by atoms with Crippen LogP contribution in [0.1, 0.15) is 5.56 Å². The molecule has 1 nitrogen and oxygen atoms in total. The molecular formula is C11H13BrClN. The Hall–Kier alpha value is -0.470. The van der Waals surface area contributed by atoms with Crippen molar-refractivity contribution in [3.63, 3.8) is 0 Å². The molecule has 0 spiro atoms. The van der Waals surface area contributed by atoms with Crippen LogP contribution in [0.3, 0.4) is 0 Å². The average Bonchev–Trinajstić information content (AvgIpc) is 2.19. The van der Waals surface area contributed by atoms with E-state index < -0.39 is 0 Å². The van der Waals surface area contributed by atoms with Crippen LogP contribution in [0.25, 0.3) is 0 Å². The molecule has 0 heterocycles. The molecule has 1 aromatic carbocycles. The Kier molecular flexibility index (Phi) is 5.05. The highest BCUT2D eigenvalue weighted by atomic mass is 79.9. The van der Waals surface area contributed by atoms with Gasteiger partial charge in [-0.05, 0) is 24.6 Å². The first kappa shape index (κ1) is 11.6. The molecule has 0 aliphatic carbocycles. The van der Waals surface area contributed by atoms with E-state index >= 15 is 0 Å². The molecule has 14 heavy (non-hydrogen) atoms. The Balaban J connectivity index is 2.59. The number of rotatable bonds is 4. The fourth-order valence-corrected chi connectivity index (χ4v) is 1.61. The second kappa shape index (κ2) is 6.10. The summed E-state index contributed by atoms with van der Waals surface area (Å²) in [7, 11) is 0. The summed E-state index contributed by atoms with van der Waals surface area (Å²) in [4.78, 5) is 0. The van der Waals surface area contributed by atoms with Crippen molar-refractivity contribution in [3.8, 4) is 0 Å². The SMILES string of the molecule is Cc1c(Br)cccc1NC/C=C/CCl. The summed E-state index contributed by atoms with van der Waals surface area (Å²) in [5, 5.41) is 3.31. The summed E-state index contributed by atoms with van der Waals surface area (Å²) in [5.41, 5.74) is 2.38. The molecule has 0 unspecified atom stereocenters. The molecule has 0 aromatic heterocycles. The fraction of sp³-hybridized carbons (Fsp3) is 0.273. The number of hydrogen-bond donors (Lipinski definition) is 1. The minimum absolute atomic E-state index is 0.569. The van der Waals surface area contributed by atoms with Gasteiger partial charge >= 0.3 is 0 Å². The quantitative estimate of drug-likeness (QED) is 0.647. The van der Waals surface area contributed by atoms with Gasteiger partial charge in [0.2, 0.25) is 0 Å². The van der Waals surface area contributed by atoms with Crippen molar-refractivity contribution >= 4 is 33.2 Å². The highest BCUT2D eigenvalue weighted by Gasteiger charge is 1.98. The van der Waals surface area contributed by atoms with Gasteiger partial charge in [-0.15, -0.1) is 11.6 Å². The van der Waals surface area contributed by atoms with Crippen LogP contribution in [0.5, 0.6) is 0 Å². The number of alkyl halides is 1. The smallest absolute Gasteiger partial charge is 0.0404 e. The lowest BCUT2D eigenvalue weighted by molar-refractivity contribution is 1.29. The van der Waals surface area contributed by atoms with Crippen molar-refractivity contribution in [3.05, 3.63) is 40.4 Å². The predicted molar refractivity (Wildman–Crippen MR) is 67.2 cm³/mol. The molecule has 1 aromatic rings. The van der Waals surface area contributed by atoms with E-state index in [4.69, 9.17) is 11.6 Å². The summed E-state index contributed by atoms with van der Waals surface area (Å²) < 4.78 is 1.13. The van der Waals surface area contributed by atoms with Gasteiger partial charge in [0.25, 0.3) is 0 Å². The third kappa shape index (κ3) is 3.35. The van der Waals surface area contributed by atoms with Crippen LogP contribution in [0.4, 0.5) is 5.69 Å². The van der Waals surface area contributed by atoms with E-state index in [1.165, 1.54) is 5.56 Å². The van der Waals surface area contributed by atoms with Crippen molar-refractivity contribution in [2.24, 2.45) is 0 Å². The molecule has 1 rings (SSSR count). The Morgan fingerprint density at radius 2 is 2.21 bits per heavy atom. The van der Waals surface area contributed by atoms with Crippen molar-refractivity contribution in [1.29, 1.82) is 0 Å². The minimum Gasteiger partial charge on any atom is -0.381 e. The fourth-order valence-electron chi connectivity index (χ4n) is 1.11. The molecule has 0 radical (unpaired) electrons. The van der Waals surface area contributed by atoms with Crippen LogP contribution in [0.2, 0.25) is 0 Å². The Morgan fingerprint density at radius 1 is 1.43 bits per heavy atom. The topological polar surface area (TPSA) is 12.0 Å². The number of anilines is 1. The maximum atomic E-state index is 5.52. The van der Waals surface area contributed by atoms with Crippen molar-refractivity contribution in [2.75, 3.05) is 17.7 Å². The van der Waals surface area contributed by atoms with Crippen LogP contribution in [-0.2, 0) is 0 Å². The molecule has 0 saturated carbocycles. The van der Waals surface area contributed by atoms with Crippen LogP contribution in [0.15, 0.2) is 34.8 Å². The molecular weight excluding hydrogens is 261 g/mol. The maximum absolute atomic E-state index is 5.52. The number of benzene rings is 1. The molecule has 3 heteroatoms. The number of halogens is 2. The maximum Gasteiger partial charge on any atom is 0.0404 e. The summed E-state index contributed by atoms with van der Waals surface area (Å²) in [6, 6.07) is 6.12. The first-order valence-electron chi connectivity index (χ1n) is 4.45. The molecule has 0 aliphatic rings. The number of nitrogens with one attached hydrogen (secondary N) is 1. The zero-order valence-corrected chi connectivity index (χ0v) is 10.4. The van der Waals surface area contributed by atoms with Crippen LogP contribution >= 0.6 is 27.5 Å². The van der Waals surface area contributed by atoms with E-state index in [2.05, 4.69) is 34.2 Å². The van der Waals surface area contributed by atoms with E-state index in [1.807, 2.05) is 24.3 Å². The van der Waals surface area contributed by atoms with Gasteiger partial charge in [0, 0.05) is 22.6 Å². The average molecular weight is 275 g/mol. The molecule has 1 N–H and O–H groups in total. The number of hydrogen-bond acceptors (Lipinski definition) is 1. The van der Waals surface area contributed by atoms with Crippen molar-refractivity contribution in [2.45, 2.75) is 6.92 Å². The van der Waals surface area contributed by atoms with Gasteiger partial charge < -0.3 is 5.32 Å². The van der Waals surface area contributed by atoms with E-state index in [0.29, 0.717) is 5.88 Å². The zero-order valence-electron chi connectivity index (χ0n) is 8.06. The van der Waals surface area contributed by atoms with Crippen LogP contribution < -0.4 is 5.32 Å². The minimum atomic E-state index is 0.569. The van der Waals surface area contributed by atoms with Crippen LogP contribution in [0, 0.1) is 6.92 Å². The predicted octanol–water partition coefficient (Wildman–Crippen LogP) is 3.96. The van der Waals surface area contributed by atoms with E-state index in [1.54, 1.807) is 0 Å². The summed E-state index contributed by atoms with van der Waals surface area (Å²) in [5.74, 6) is 0.569. The zero-order chi connectivity index (χ0) is 10.4. The van der Waals surface area contributed by atoms with Gasteiger partial charge in [-0.3, -0.25) is 0 Å². The van der Waals surface area contributed by atoms with Crippen molar-refractivity contribution < 1.29 is 0 Å². The first-order chi connectivity index (χ1) is 6.75. The molecule has 0 amide bonds. The highest BCUT2D eigenvalue weighted by Crippen LogP contribution is 2.23. The summed E-state index contributed by atoms with van der Waals surface area (Å²) in [6.07, 6.45) is 3.95. The van der Waals surface area contributed by atoms with E-state index in [9.17, 15) is 0 Å². The lowest BCUT2D eigenvalue weighted by atomic mass is 10.2. The van der Waals surface area contributed by atoms with Crippen molar-refractivity contribution in [1.82, 2.24) is 0 Å². The molecule has 0 aliphatic heterocycles.